The Labute approximate surface area is 88.4 Å². The van der Waals surface area contributed by atoms with Gasteiger partial charge in [0.05, 0.1) is 12.7 Å². The summed E-state index contributed by atoms with van der Waals surface area (Å²) in [5.74, 6) is -0.927. The molecule has 15 heavy (non-hydrogen) atoms. The van der Waals surface area contributed by atoms with Crippen LogP contribution in [0.3, 0.4) is 0 Å². The molecule has 0 amide bonds. The molecule has 0 spiro atoms. The van der Waals surface area contributed by atoms with E-state index in [0.717, 1.165) is 17.5 Å². The van der Waals surface area contributed by atoms with Crippen molar-refractivity contribution >= 4 is 5.97 Å². The van der Waals surface area contributed by atoms with Crippen LogP contribution < -0.4 is 0 Å². The predicted molar refractivity (Wildman–Crippen MR) is 54.6 cm³/mol. The average Bonchev–Trinajstić information content (AvgIpc) is 2.25. The highest BCUT2D eigenvalue weighted by Crippen LogP contribution is 2.12. The minimum Gasteiger partial charge on any atom is -0.478 e. The van der Waals surface area contributed by atoms with Crippen molar-refractivity contribution in [3.05, 3.63) is 34.9 Å². The van der Waals surface area contributed by atoms with Crippen molar-refractivity contribution in [1.82, 2.24) is 0 Å². The molecule has 1 aromatic rings. The number of hydrogen-bond acceptors (Lipinski definition) is 3. The smallest absolute Gasteiger partial charge is 0.335 e. The third kappa shape index (κ3) is 3.34. The van der Waals surface area contributed by atoms with E-state index in [2.05, 4.69) is 4.89 Å². The zero-order valence-electron chi connectivity index (χ0n) is 8.82. The normalized spacial score (nSPS) is 10.3. The first kappa shape index (κ1) is 11.7. The Morgan fingerprint density at radius 2 is 2.00 bits per heavy atom. The van der Waals surface area contributed by atoms with Gasteiger partial charge in [0.25, 0.3) is 0 Å². The molecule has 4 nitrogen and oxygen atoms in total. The van der Waals surface area contributed by atoms with Gasteiger partial charge in [-0.15, -0.1) is 0 Å². The fraction of sp³-hybridized carbons (Fsp3) is 0.364. The molecule has 0 unspecified atom stereocenters. The molecule has 82 valence electrons. The van der Waals surface area contributed by atoms with Crippen LogP contribution in [0.25, 0.3) is 0 Å². The molecule has 0 radical (unpaired) electrons. The van der Waals surface area contributed by atoms with Gasteiger partial charge >= 0.3 is 5.97 Å². The average molecular weight is 210 g/mol. The highest BCUT2D eigenvalue weighted by molar-refractivity contribution is 5.88. The molecular formula is C11H14O4. The Hall–Kier alpha value is -1.39. The van der Waals surface area contributed by atoms with Crippen LogP contribution in [0.15, 0.2) is 18.2 Å². The number of benzene rings is 1. The van der Waals surface area contributed by atoms with E-state index in [1.54, 1.807) is 12.1 Å². The van der Waals surface area contributed by atoms with Gasteiger partial charge in [-0.25, -0.2) is 14.6 Å². The minimum absolute atomic E-state index is 0.255. The van der Waals surface area contributed by atoms with E-state index in [4.69, 9.17) is 9.99 Å². The highest BCUT2D eigenvalue weighted by atomic mass is 17.2. The summed E-state index contributed by atoms with van der Waals surface area (Å²) in [4.78, 5) is 20.1. The molecule has 1 rings (SSSR count). The van der Waals surface area contributed by atoms with Gasteiger partial charge in [0, 0.05) is 0 Å². The standard InChI is InChI=1S/C11H14O4/c1-3-8-4-9(7-15-14-2)6-10(5-8)11(12)13/h4-6H,3,7H2,1-2H3,(H,12,13). The molecule has 1 aromatic carbocycles. The second-order valence-corrected chi connectivity index (χ2v) is 3.13. The summed E-state index contributed by atoms with van der Waals surface area (Å²) in [5, 5.41) is 8.88. The van der Waals surface area contributed by atoms with Crippen LogP contribution in [-0.4, -0.2) is 18.2 Å². The van der Waals surface area contributed by atoms with Gasteiger partial charge in [0.2, 0.25) is 0 Å². The van der Waals surface area contributed by atoms with E-state index < -0.39 is 5.97 Å². The van der Waals surface area contributed by atoms with E-state index in [1.807, 2.05) is 13.0 Å². The lowest BCUT2D eigenvalue weighted by Gasteiger charge is -2.05. The third-order valence-electron chi connectivity index (χ3n) is 2.05. The molecule has 0 aliphatic heterocycles. The monoisotopic (exact) mass is 210 g/mol. The fourth-order valence-electron chi connectivity index (χ4n) is 1.30. The molecule has 1 N–H and O–H groups in total. The van der Waals surface area contributed by atoms with Crippen LogP contribution in [0.5, 0.6) is 0 Å². The van der Waals surface area contributed by atoms with Crippen molar-refractivity contribution in [3.63, 3.8) is 0 Å². The number of carbonyl (C=O) groups is 1. The summed E-state index contributed by atoms with van der Waals surface area (Å²) >= 11 is 0. The largest absolute Gasteiger partial charge is 0.478 e. The van der Waals surface area contributed by atoms with E-state index in [9.17, 15) is 4.79 Å². The molecule has 0 saturated heterocycles. The van der Waals surface area contributed by atoms with Gasteiger partial charge in [-0.1, -0.05) is 13.0 Å². The maximum Gasteiger partial charge on any atom is 0.335 e. The van der Waals surface area contributed by atoms with Crippen LogP contribution in [0.4, 0.5) is 0 Å². The molecule has 0 atom stereocenters. The van der Waals surface area contributed by atoms with Crippen LogP contribution in [0.1, 0.15) is 28.4 Å². The first-order valence-electron chi connectivity index (χ1n) is 4.69. The first-order chi connectivity index (χ1) is 7.17. The van der Waals surface area contributed by atoms with Crippen molar-refractivity contribution < 1.29 is 19.7 Å². The SMILES string of the molecule is CCc1cc(COOC)cc(C(=O)O)c1. The van der Waals surface area contributed by atoms with Crippen LogP contribution in [-0.2, 0) is 22.8 Å². The third-order valence-corrected chi connectivity index (χ3v) is 2.05. The number of hydrogen-bond donors (Lipinski definition) is 1. The van der Waals surface area contributed by atoms with Gasteiger partial charge < -0.3 is 5.11 Å². The van der Waals surface area contributed by atoms with Crippen molar-refractivity contribution in [2.45, 2.75) is 20.0 Å². The maximum absolute atomic E-state index is 10.8. The van der Waals surface area contributed by atoms with Gasteiger partial charge in [0.1, 0.15) is 6.61 Å². The Morgan fingerprint density at radius 3 is 2.53 bits per heavy atom. The van der Waals surface area contributed by atoms with Crippen LogP contribution >= 0.6 is 0 Å². The van der Waals surface area contributed by atoms with E-state index in [0.29, 0.717) is 0 Å². The Balaban J connectivity index is 2.95. The number of carboxylic acids is 1. The molecular weight excluding hydrogens is 196 g/mol. The molecule has 0 fully saturated rings. The Kier molecular flexibility index (Phi) is 4.27. The lowest BCUT2D eigenvalue weighted by molar-refractivity contribution is -0.282. The van der Waals surface area contributed by atoms with Crippen molar-refractivity contribution in [3.8, 4) is 0 Å². The summed E-state index contributed by atoms with van der Waals surface area (Å²) < 4.78 is 0. The topological polar surface area (TPSA) is 55.8 Å². The van der Waals surface area contributed by atoms with Gasteiger partial charge in [-0.3, -0.25) is 0 Å². The number of aryl methyl sites for hydroxylation is 1. The van der Waals surface area contributed by atoms with Crippen LogP contribution in [0.2, 0.25) is 0 Å². The molecule has 0 aliphatic carbocycles. The van der Waals surface area contributed by atoms with Gasteiger partial charge in [-0.05, 0) is 29.7 Å². The fourth-order valence-corrected chi connectivity index (χ4v) is 1.30. The number of carboxylic acid groups (broad SMARTS) is 1. The minimum atomic E-state index is -0.927. The quantitative estimate of drug-likeness (QED) is 0.596. The highest BCUT2D eigenvalue weighted by Gasteiger charge is 2.06. The zero-order chi connectivity index (χ0) is 11.3. The van der Waals surface area contributed by atoms with Gasteiger partial charge in [0.15, 0.2) is 0 Å². The van der Waals surface area contributed by atoms with Crippen molar-refractivity contribution in [2.24, 2.45) is 0 Å². The molecule has 0 aromatic heterocycles. The second-order valence-electron chi connectivity index (χ2n) is 3.13. The summed E-state index contributed by atoms with van der Waals surface area (Å²) in [6.45, 7) is 2.23. The van der Waals surface area contributed by atoms with Crippen LogP contribution in [0, 0.1) is 0 Å². The summed E-state index contributed by atoms with van der Waals surface area (Å²) in [5.41, 5.74) is 2.06. The Morgan fingerprint density at radius 1 is 1.33 bits per heavy atom. The Bertz CT molecular complexity index is 346. The van der Waals surface area contributed by atoms with Crippen molar-refractivity contribution in [2.75, 3.05) is 7.11 Å². The summed E-state index contributed by atoms with van der Waals surface area (Å²) in [6, 6.07) is 5.16. The second kappa shape index (κ2) is 5.48. The molecule has 0 heterocycles. The number of aromatic carboxylic acids is 1. The summed E-state index contributed by atoms with van der Waals surface area (Å²) in [7, 11) is 1.42. The maximum atomic E-state index is 10.8. The molecule has 0 aliphatic rings. The lowest BCUT2D eigenvalue weighted by Crippen LogP contribution is -2.01. The molecule has 4 heteroatoms. The van der Waals surface area contributed by atoms with E-state index >= 15 is 0 Å². The van der Waals surface area contributed by atoms with Gasteiger partial charge in [-0.2, -0.15) is 0 Å². The number of rotatable bonds is 5. The van der Waals surface area contributed by atoms with Crippen molar-refractivity contribution in [1.29, 1.82) is 0 Å². The lowest BCUT2D eigenvalue weighted by atomic mass is 10.0. The first-order valence-corrected chi connectivity index (χ1v) is 4.69. The molecule has 0 saturated carbocycles. The summed E-state index contributed by atoms with van der Waals surface area (Å²) in [6.07, 6.45) is 0.793. The molecule has 0 bridgehead atoms. The predicted octanol–water partition coefficient (Wildman–Crippen LogP) is 2.03. The zero-order valence-corrected chi connectivity index (χ0v) is 8.82. The van der Waals surface area contributed by atoms with E-state index in [-0.39, 0.29) is 12.2 Å². The van der Waals surface area contributed by atoms with E-state index in [1.165, 1.54) is 7.11 Å².